The molecule has 6 heterocycles. The molecule has 1 aromatic carbocycles. The summed E-state index contributed by atoms with van der Waals surface area (Å²) in [5.74, 6) is 1.20. The quantitative estimate of drug-likeness (QED) is 0.0372. The van der Waals surface area contributed by atoms with Crippen LogP contribution in [0, 0.1) is 20.8 Å². The fourth-order valence-corrected chi connectivity index (χ4v) is 12.6. The van der Waals surface area contributed by atoms with E-state index in [-0.39, 0.29) is 5.60 Å². The molecule has 0 aromatic heterocycles. The zero-order valence-corrected chi connectivity index (χ0v) is 50.1. The molecule has 0 radical (unpaired) electrons. The molecule has 0 bridgehead atoms. The summed E-state index contributed by atoms with van der Waals surface area (Å²) in [6, 6.07) is 0. The van der Waals surface area contributed by atoms with Crippen LogP contribution in [0.5, 0.6) is 11.5 Å². The van der Waals surface area contributed by atoms with Crippen LogP contribution in [-0.4, -0.2) is 274 Å². The first-order chi connectivity index (χ1) is 41.1. The van der Waals surface area contributed by atoms with E-state index in [9.17, 15) is 81.7 Å². The van der Waals surface area contributed by atoms with Crippen LogP contribution in [0.15, 0.2) is 0 Å². The highest BCUT2D eigenvalue weighted by Gasteiger charge is 2.57. The minimum absolute atomic E-state index is 0.345. The Kier molecular flexibility index (Phi) is 27.3. The maximum Gasteiger partial charge on any atom is 0.229 e. The summed E-state index contributed by atoms with van der Waals surface area (Å²) in [5, 5.41) is 173. The number of aliphatic hydroxyl groups is 16. The van der Waals surface area contributed by atoms with E-state index in [1.54, 1.807) is 0 Å². The predicted molar refractivity (Wildman–Crippen MR) is 298 cm³/mol. The summed E-state index contributed by atoms with van der Waals surface area (Å²) in [6.45, 7) is 5.62. The van der Waals surface area contributed by atoms with Gasteiger partial charge in [0.15, 0.2) is 25.2 Å². The van der Waals surface area contributed by atoms with Crippen LogP contribution in [0.2, 0.25) is 0 Å². The van der Waals surface area contributed by atoms with Gasteiger partial charge in [0.25, 0.3) is 0 Å². The average Bonchev–Trinajstić information content (AvgIpc) is 1.71. The fraction of sp³-hybridized carbons (Fsp3) is 0.898. The molecule has 11 unspecified atom stereocenters. The van der Waals surface area contributed by atoms with E-state index in [2.05, 4.69) is 13.8 Å². The van der Waals surface area contributed by atoms with Crippen molar-refractivity contribution < 1.29 is 134 Å². The van der Waals surface area contributed by atoms with Gasteiger partial charge in [-0.25, -0.2) is 0 Å². The van der Waals surface area contributed by atoms with Crippen molar-refractivity contribution in [3.63, 3.8) is 0 Å². The number of unbranched alkanes of at least 4 members (excludes halogenated alkanes) is 13. The van der Waals surface area contributed by atoms with Crippen molar-refractivity contribution in [1.29, 1.82) is 0 Å². The van der Waals surface area contributed by atoms with E-state index in [0.29, 0.717) is 12.2 Å². The minimum atomic E-state index is -2.13. The molecule has 0 amide bonds. The lowest BCUT2D eigenvalue weighted by molar-refractivity contribution is -0.392. The third-order valence-electron chi connectivity index (χ3n) is 18.2. The van der Waals surface area contributed by atoms with Gasteiger partial charge in [-0.05, 0) is 70.1 Å². The van der Waals surface area contributed by atoms with Crippen LogP contribution >= 0.6 is 0 Å². The Labute approximate surface area is 502 Å². The zero-order chi connectivity index (χ0) is 62.7. The van der Waals surface area contributed by atoms with Gasteiger partial charge in [-0.1, -0.05) is 90.4 Å². The lowest BCUT2D eigenvalue weighted by Gasteiger charge is -2.49. The molecule has 27 nitrogen and oxygen atoms in total. The Bertz CT molecular complexity index is 2170. The van der Waals surface area contributed by atoms with Crippen molar-refractivity contribution in [2.75, 3.05) is 33.0 Å². The predicted octanol–water partition coefficient (Wildman–Crippen LogP) is -1.96. The van der Waals surface area contributed by atoms with Crippen LogP contribution in [0.3, 0.4) is 0 Å². The first-order valence-corrected chi connectivity index (χ1v) is 31.0. The normalized spacial score (nSPS) is 41.2. The molecule has 0 saturated carbocycles. The third kappa shape index (κ3) is 16.5. The van der Waals surface area contributed by atoms with E-state index in [0.717, 1.165) is 53.7 Å². The average molecular weight is 1240 g/mol. The van der Waals surface area contributed by atoms with E-state index < -0.39 is 187 Å². The minimum Gasteiger partial charge on any atom is -0.487 e. The lowest BCUT2D eigenvalue weighted by Crippen LogP contribution is -2.68. The van der Waals surface area contributed by atoms with E-state index in [4.69, 9.17) is 52.1 Å². The number of hydrogen-bond acceptors (Lipinski definition) is 27. The van der Waals surface area contributed by atoms with Crippen LogP contribution < -0.4 is 9.47 Å². The number of hydrogen-bond donors (Lipinski definition) is 16. The van der Waals surface area contributed by atoms with Crippen molar-refractivity contribution in [3.05, 3.63) is 22.3 Å². The van der Waals surface area contributed by atoms with E-state index >= 15 is 0 Å². The number of ether oxygens (including phenoxy) is 11. The molecule has 86 heavy (non-hydrogen) atoms. The van der Waals surface area contributed by atoms with Crippen LogP contribution in [0.4, 0.5) is 0 Å². The molecule has 5 saturated heterocycles. The molecule has 6 aliphatic heterocycles. The summed E-state index contributed by atoms with van der Waals surface area (Å²) in [5.41, 5.74) is 2.94. The maximum atomic E-state index is 11.6. The molecule has 27 heteroatoms. The summed E-state index contributed by atoms with van der Waals surface area (Å²) in [6.07, 6.45) is -25.1. The van der Waals surface area contributed by atoms with Gasteiger partial charge in [0.1, 0.15) is 139 Å². The van der Waals surface area contributed by atoms with Crippen LogP contribution in [0.25, 0.3) is 0 Å². The van der Waals surface area contributed by atoms with Crippen LogP contribution in [0.1, 0.15) is 139 Å². The highest BCUT2D eigenvalue weighted by atomic mass is 16.8. The fourth-order valence-electron chi connectivity index (χ4n) is 12.6. The Morgan fingerprint density at radius 3 is 1.08 bits per heavy atom. The smallest absolute Gasteiger partial charge is 0.229 e. The van der Waals surface area contributed by atoms with Gasteiger partial charge in [-0.3, -0.25) is 0 Å². The highest BCUT2D eigenvalue weighted by molar-refractivity contribution is 5.59. The zero-order valence-electron chi connectivity index (χ0n) is 50.1. The van der Waals surface area contributed by atoms with Crippen molar-refractivity contribution >= 4 is 0 Å². The van der Waals surface area contributed by atoms with Gasteiger partial charge in [-0.15, -0.1) is 0 Å². The molecule has 498 valence electrons. The number of benzene rings is 1. The Hall–Kier alpha value is -2.18. The second-order valence-corrected chi connectivity index (χ2v) is 24.5. The second kappa shape index (κ2) is 32.9. The first kappa shape index (κ1) is 71.3. The monoisotopic (exact) mass is 1240 g/mol. The maximum absolute atomic E-state index is 11.6. The molecule has 6 aliphatic rings. The lowest BCUT2D eigenvalue weighted by atomic mass is 9.84. The molecular formula is C59H100O27. The summed E-state index contributed by atoms with van der Waals surface area (Å²) < 4.78 is 64.7. The van der Waals surface area contributed by atoms with Gasteiger partial charge >= 0.3 is 0 Å². The van der Waals surface area contributed by atoms with Gasteiger partial charge in [0.2, 0.25) is 6.29 Å². The largest absolute Gasteiger partial charge is 0.487 e. The van der Waals surface area contributed by atoms with Gasteiger partial charge < -0.3 is 134 Å². The second-order valence-electron chi connectivity index (χ2n) is 24.5. The van der Waals surface area contributed by atoms with Crippen LogP contribution in [-0.2, 0) is 49.1 Å². The van der Waals surface area contributed by atoms with Gasteiger partial charge in [0.05, 0.1) is 33.0 Å². The summed E-state index contributed by atoms with van der Waals surface area (Å²) >= 11 is 0. The van der Waals surface area contributed by atoms with Gasteiger partial charge in [-0.2, -0.15) is 0 Å². The SMILES string of the molecule is CCCCCCCCCCCCCCCCC1(C)CCc2c(C)c(O[C@@H]3OC(CO)[C@H](O[C@@H]4OC(CO)[C@H](O[C@@H]5OC(CO)[C@H](O[C@@H]6OC(CO)[C@H](O[C@@H]7OC(CO)[C@H](O)[C@H](O)C7O)[C@H](O)C6O)[C@H](O)C5O)[C@H](O)C4O)[C@H](O)C3O)c(C)c(C)c2O1. The topological polar surface area (TPSA) is 425 Å². The Morgan fingerprint density at radius 1 is 0.384 bits per heavy atom. The molecule has 16 N–H and O–H groups in total. The molecule has 0 spiro atoms. The molecular weight excluding hydrogens is 1140 g/mol. The van der Waals surface area contributed by atoms with E-state index in [1.807, 2.05) is 20.8 Å². The molecule has 0 aliphatic carbocycles. The summed E-state index contributed by atoms with van der Waals surface area (Å²) in [4.78, 5) is 0. The summed E-state index contributed by atoms with van der Waals surface area (Å²) in [7, 11) is 0. The van der Waals surface area contributed by atoms with Crippen molar-refractivity contribution in [3.8, 4) is 11.5 Å². The molecule has 7 rings (SSSR count). The van der Waals surface area contributed by atoms with Crippen molar-refractivity contribution in [1.82, 2.24) is 0 Å². The highest BCUT2D eigenvalue weighted by Crippen LogP contribution is 2.46. The standard InChI is InChI=1S/C59H100O27/c1-6-7-8-9-10-11-12-13-14-15-16-17-18-19-21-59(5)22-20-31-30(4)48(28(2)29(3)49(31)86-59)81-55-44(72)39(67)51(33(24-61)77-55)83-57-46(74)41(69)53(35(26-63)79-57)85-58-47(75)42(70)52(36(27-64)80-58)84-56-45(73)40(68)50(34(25-62)78-56)82-54-43(71)38(66)37(65)32(23-60)76-54/h32-47,50-58,60-75H,6-27H2,1-5H3/t32?,33?,34?,35?,36?,37-,38-,39+,40+,41+,42+,43?,44?,45?,46?,47?,50-,51-,52-,53-,54-,55-,56-,57-,58-,59?/m0/s1. The number of fused-ring (bicyclic) bond motifs is 1. The number of aliphatic hydroxyl groups excluding tert-OH is 16. The Morgan fingerprint density at radius 2 is 0.709 bits per heavy atom. The van der Waals surface area contributed by atoms with Crippen molar-refractivity contribution in [2.24, 2.45) is 0 Å². The third-order valence-corrected chi connectivity index (χ3v) is 18.2. The van der Waals surface area contributed by atoms with Gasteiger partial charge in [0, 0.05) is 5.56 Å². The number of rotatable bonds is 30. The molecule has 5 fully saturated rings. The van der Waals surface area contributed by atoms with Crippen molar-refractivity contribution in [2.45, 2.75) is 303 Å². The Balaban J connectivity index is 0.903. The molecule has 1 aromatic rings. The van der Waals surface area contributed by atoms with E-state index in [1.165, 1.54) is 77.0 Å². The first-order valence-electron chi connectivity index (χ1n) is 31.0. The molecule has 26 atom stereocenters.